The molecule has 4 nitrogen and oxygen atoms in total. The van der Waals surface area contributed by atoms with E-state index in [1.54, 1.807) is 0 Å². The number of carbonyl (C=O) groups excluding carboxylic acids is 1. The number of anilines is 1. The molecule has 0 atom stereocenters. The molecule has 0 saturated carbocycles. The zero-order valence-corrected chi connectivity index (χ0v) is 18.2. The SMILES string of the molecule is O=CN(C(=S)N1CCN(C(c2ccccc2)c2ccccc2)CC1)c1c(F)cccc1F. The molecule has 0 N–H and O–H groups in total. The molecule has 0 aliphatic carbocycles. The minimum absolute atomic E-state index is 0.0827. The summed E-state index contributed by atoms with van der Waals surface area (Å²) in [5.74, 6) is -1.65. The first kappa shape index (κ1) is 22.0. The summed E-state index contributed by atoms with van der Waals surface area (Å²) in [5, 5.41) is 0.0969. The fourth-order valence-electron chi connectivity index (χ4n) is 4.12. The predicted molar refractivity (Wildman–Crippen MR) is 125 cm³/mol. The Labute approximate surface area is 191 Å². The Bertz CT molecular complexity index is 1010. The normalized spacial score (nSPS) is 14.4. The largest absolute Gasteiger partial charge is 0.346 e. The maximum atomic E-state index is 14.2. The van der Waals surface area contributed by atoms with Crippen LogP contribution in [0.3, 0.4) is 0 Å². The van der Waals surface area contributed by atoms with Gasteiger partial charge in [0, 0.05) is 26.2 Å². The van der Waals surface area contributed by atoms with Gasteiger partial charge in [-0.05, 0) is 35.5 Å². The van der Waals surface area contributed by atoms with E-state index in [-0.39, 0.29) is 11.2 Å². The van der Waals surface area contributed by atoms with Gasteiger partial charge in [-0.15, -0.1) is 0 Å². The van der Waals surface area contributed by atoms with E-state index < -0.39 is 17.3 Å². The molecule has 1 heterocycles. The van der Waals surface area contributed by atoms with E-state index in [1.807, 2.05) is 41.3 Å². The topological polar surface area (TPSA) is 26.8 Å². The molecule has 4 rings (SSSR count). The third kappa shape index (κ3) is 4.54. The van der Waals surface area contributed by atoms with E-state index in [2.05, 4.69) is 29.2 Å². The smallest absolute Gasteiger partial charge is 0.220 e. The van der Waals surface area contributed by atoms with Crippen molar-refractivity contribution in [2.24, 2.45) is 0 Å². The lowest BCUT2D eigenvalue weighted by Gasteiger charge is -2.41. The molecule has 1 aliphatic heterocycles. The molecule has 0 unspecified atom stereocenters. The quantitative estimate of drug-likeness (QED) is 0.418. The molecule has 0 spiro atoms. The Hall–Kier alpha value is -3.16. The first-order valence-corrected chi connectivity index (χ1v) is 10.8. The van der Waals surface area contributed by atoms with Crippen LogP contribution in [0.15, 0.2) is 78.9 Å². The first-order chi connectivity index (χ1) is 15.6. The fourth-order valence-corrected chi connectivity index (χ4v) is 4.44. The Balaban J connectivity index is 1.52. The van der Waals surface area contributed by atoms with Crippen molar-refractivity contribution < 1.29 is 13.6 Å². The van der Waals surface area contributed by atoms with Crippen molar-refractivity contribution in [3.8, 4) is 0 Å². The maximum Gasteiger partial charge on any atom is 0.220 e. The Morgan fingerprint density at radius 3 is 1.78 bits per heavy atom. The maximum absolute atomic E-state index is 14.2. The number of halogens is 2. The van der Waals surface area contributed by atoms with Crippen LogP contribution in [0.2, 0.25) is 0 Å². The fraction of sp³-hybridized carbons (Fsp3) is 0.200. The second kappa shape index (κ2) is 9.97. The van der Waals surface area contributed by atoms with Crippen LogP contribution in [0.25, 0.3) is 0 Å². The van der Waals surface area contributed by atoms with E-state index in [0.29, 0.717) is 32.6 Å². The van der Waals surface area contributed by atoms with Crippen LogP contribution in [0, 0.1) is 11.6 Å². The number of amides is 1. The minimum atomic E-state index is -0.827. The third-order valence-corrected chi connectivity index (χ3v) is 6.13. The van der Waals surface area contributed by atoms with E-state index in [9.17, 15) is 13.6 Å². The molecule has 0 aromatic heterocycles. The number of nitrogens with zero attached hydrogens (tertiary/aromatic N) is 3. The molecule has 1 fully saturated rings. The van der Waals surface area contributed by atoms with Gasteiger partial charge < -0.3 is 4.90 Å². The van der Waals surface area contributed by atoms with Crippen molar-refractivity contribution in [3.63, 3.8) is 0 Å². The van der Waals surface area contributed by atoms with Gasteiger partial charge in [-0.3, -0.25) is 14.6 Å². The molecular weight excluding hydrogens is 428 g/mol. The van der Waals surface area contributed by atoms with Crippen LogP contribution in [-0.2, 0) is 4.79 Å². The van der Waals surface area contributed by atoms with Gasteiger partial charge in [0.15, 0.2) is 5.11 Å². The van der Waals surface area contributed by atoms with Crippen molar-refractivity contribution in [2.75, 3.05) is 31.1 Å². The van der Waals surface area contributed by atoms with Crippen molar-refractivity contribution in [1.82, 2.24) is 9.80 Å². The molecule has 3 aromatic rings. The molecule has 1 amide bonds. The third-order valence-electron chi connectivity index (χ3n) is 5.67. The Morgan fingerprint density at radius 1 is 0.812 bits per heavy atom. The first-order valence-electron chi connectivity index (χ1n) is 10.4. The molecule has 32 heavy (non-hydrogen) atoms. The number of carbonyl (C=O) groups is 1. The molecule has 0 radical (unpaired) electrons. The number of para-hydroxylation sites is 1. The lowest BCUT2D eigenvalue weighted by molar-refractivity contribution is -0.106. The van der Waals surface area contributed by atoms with Gasteiger partial charge in [0.25, 0.3) is 0 Å². The highest BCUT2D eigenvalue weighted by Crippen LogP contribution is 2.30. The molecule has 164 valence electrons. The van der Waals surface area contributed by atoms with E-state index in [4.69, 9.17) is 12.2 Å². The van der Waals surface area contributed by atoms with Crippen LogP contribution >= 0.6 is 12.2 Å². The average Bonchev–Trinajstić information content (AvgIpc) is 2.83. The predicted octanol–water partition coefficient (Wildman–Crippen LogP) is 4.62. The second-order valence-corrected chi connectivity index (χ2v) is 7.94. The number of benzene rings is 3. The van der Waals surface area contributed by atoms with Crippen LogP contribution in [0.1, 0.15) is 17.2 Å². The summed E-state index contributed by atoms with van der Waals surface area (Å²) in [6.07, 6.45) is 0.368. The summed E-state index contributed by atoms with van der Waals surface area (Å²) < 4.78 is 28.5. The molecular formula is C25H23F2N3OS. The number of thiocarbonyl (C=S) groups is 1. The van der Waals surface area contributed by atoms with Crippen LogP contribution in [0.4, 0.5) is 14.5 Å². The number of hydrogen-bond donors (Lipinski definition) is 0. The van der Waals surface area contributed by atoms with Gasteiger partial charge >= 0.3 is 0 Å². The Morgan fingerprint density at radius 2 is 1.31 bits per heavy atom. The van der Waals surface area contributed by atoms with Gasteiger partial charge in [-0.2, -0.15) is 0 Å². The lowest BCUT2D eigenvalue weighted by atomic mass is 9.96. The summed E-state index contributed by atoms with van der Waals surface area (Å²) in [7, 11) is 0. The zero-order chi connectivity index (χ0) is 22.5. The summed E-state index contributed by atoms with van der Waals surface area (Å²) in [6, 6.07) is 24.1. The molecule has 3 aromatic carbocycles. The van der Waals surface area contributed by atoms with Gasteiger partial charge in [0.2, 0.25) is 6.41 Å². The summed E-state index contributed by atoms with van der Waals surface area (Å²) in [4.78, 5) is 16.8. The van der Waals surface area contributed by atoms with Crippen molar-refractivity contribution in [3.05, 3.63) is 102 Å². The monoisotopic (exact) mass is 451 g/mol. The molecule has 7 heteroatoms. The van der Waals surface area contributed by atoms with E-state index in [1.165, 1.54) is 17.2 Å². The van der Waals surface area contributed by atoms with Crippen molar-refractivity contribution in [1.29, 1.82) is 0 Å². The lowest BCUT2D eigenvalue weighted by Crippen LogP contribution is -2.53. The van der Waals surface area contributed by atoms with Crippen LogP contribution in [0.5, 0.6) is 0 Å². The number of rotatable bonds is 5. The Kier molecular flexibility index (Phi) is 6.87. The molecule has 1 aliphatic rings. The molecule has 0 bridgehead atoms. The van der Waals surface area contributed by atoms with Gasteiger partial charge in [-0.25, -0.2) is 8.78 Å². The summed E-state index contributed by atoms with van der Waals surface area (Å²) in [6.45, 7) is 2.44. The summed E-state index contributed by atoms with van der Waals surface area (Å²) in [5.41, 5.74) is 1.94. The van der Waals surface area contributed by atoms with Crippen LogP contribution < -0.4 is 4.90 Å². The highest BCUT2D eigenvalue weighted by molar-refractivity contribution is 7.80. The van der Waals surface area contributed by atoms with Crippen molar-refractivity contribution >= 4 is 29.4 Å². The van der Waals surface area contributed by atoms with Gasteiger partial charge in [0.05, 0.1) is 6.04 Å². The summed E-state index contributed by atoms with van der Waals surface area (Å²) >= 11 is 5.46. The second-order valence-electron chi connectivity index (χ2n) is 7.58. The average molecular weight is 452 g/mol. The van der Waals surface area contributed by atoms with E-state index >= 15 is 0 Å². The number of hydrogen-bond acceptors (Lipinski definition) is 3. The van der Waals surface area contributed by atoms with Gasteiger partial charge in [0.1, 0.15) is 17.3 Å². The standard InChI is InChI=1S/C25H23F2N3OS/c26-21-12-7-13-22(27)24(21)30(18-31)25(32)29-16-14-28(15-17-29)23(19-8-3-1-4-9-19)20-10-5-2-6-11-20/h1-13,18,23H,14-17H2. The highest BCUT2D eigenvalue weighted by Gasteiger charge is 2.30. The number of piperazine rings is 1. The molecule has 1 saturated heterocycles. The van der Waals surface area contributed by atoms with Gasteiger partial charge in [-0.1, -0.05) is 66.7 Å². The highest BCUT2D eigenvalue weighted by atomic mass is 32.1. The van der Waals surface area contributed by atoms with Crippen LogP contribution in [-0.4, -0.2) is 47.5 Å². The van der Waals surface area contributed by atoms with Crippen molar-refractivity contribution in [2.45, 2.75) is 6.04 Å². The van der Waals surface area contributed by atoms with E-state index in [0.717, 1.165) is 17.0 Å². The minimum Gasteiger partial charge on any atom is -0.346 e. The zero-order valence-electron chi connectivity index (χ0n) is 17.4.